The van der Waals surface area contributed by atoms with Crippen LogP contribution in [0.25, 0.3) is 10.4 Å². The van der Waals surface area contributed by atoms with Gasteiger partial charge in [-0.2, -0.15) is 0 Å². The maximum atomic E-state index is 12.5. The van der Waals surface area contributed by atoms with E-state index in [1.807, 2.05) is 0 Å². The first-order valence-electron chi connectivity index (χ1n) is 7.74. The van der Waals surface area contributed by atoms with Gasteiger partial charge in [-0.25, -0.2) is 4.79 Å². The Morgan fingerprint density at radius 1 is 1.61 bits per heavy atom. The zero-order valence-electron chi connectivity index (χ0n) is 14.2. The summed E-state index contributed by atoms with van der Waals surface area (Å²) in [6.45, 7) is 1.29. The Bertz CT molecular complexity index is 927. The summed E-state index contributed by atoms with van der Waals surface area (Å²) in [5.41, 5.74) is 9.94. The van der Waals surface area contributed by atoms with Crippen molar-refractivity contribution in [3.8, 4) is 0 Å². The van der Waals surface area contributed by atoms with Gasteiger partial charge in [0.05, 0.1) is 17.3 Å². The second-order valence-electron chi connectivity index (χ2n) is 5.69. The van der Waals surface area contributed by atoms with Crippen LogP contribution >= 0.6 is 23.1 Å². The average molecular weight is 443 g/mol. The molecular weight excluding hydrogens is 430 g/mol. The molecule has 4 atom stereocenters. The first-order valence-corrected chi connectivity index (χ1v) is 10.9. The monoisotopic (exact) mass is 443 g/mol. The minimum Gasteiger partial charge on any atom is -0.477 e. The smallest absolute Gasteiger partial charge is 0.352 e. The Labute approximate surface area is 168 Å². The number of fused-ring (bicyclic) bond motifs is 1. The molecule has 0 spiro atoms. The van der Waals surface area contributed by atoms with Crippen molar-refractivity contribution in [3.63, 3.8) is 0 Å². The van der Waals surface area contributed by atoms with Gasteiger partial charge in [-0.1, -0.05) is 16.5 Å². The third kappa shape index (κ3) is 3.61. The van der Waals surface area contributed by atoms with E-state index < -0.39 is 45.2 Å². The number of carbonyl (C=O) groups excluding carboxylic acids is 2. The molecule has 2 aliphatic rings. The minimum atomic E-state index is -1.72. The largest absolute Gasteiger partial charge is 0.477 e. The van der Waals surface area contributed by atoms with E-state index in [0.717, 1.165) is 16.2 Å². The van der Waals surface area contributed by atoms with E-state index in [0.29, 0.717) is 5.57 Å². The molecule has 2 N–H and O–H groups in total. The van der Waals surface area contributed by atoms with Crippen molar-refractivity contribution in [3.05, 3.63) is 27.2 Å². The summed E-state index contributed by atoms with van der Waals surface area (Å²) in [4.78, 5) is 40.2. The summed E-state index contributed by atoms with van der Waals surface area (Å²) < 4.78 is 12.5. The van der Waals surface area contributed by atoms with Crippen LogP contribution in [0.3, 0.4) is 0 Å². The number of amides is 2. The van der Waals surface area contributed by atoms with Gasteiger partial charge >= 0.3 is 5.97 Å². The maximum Gasteiger partial charge on any atom is 0.352 e. The Hall–Kier alpha value is -2.48. The molecule has 28 heavy (non-hydrogen) atoms. The molecule has 15 heteroatoms. The van der Waals surface area contributed by atoms with Gasteiger partial charge in [0, 0.05) is 10.7 Å². The van der Waals surface area contributed by atoms with Gasteiger partial charge < -0.3 is 10.4 Å². The molecule has 1 aromatic heterocycles. The molecule has 0 aromatic carbocycles. The average Bonchev–Trinajstić information content (AvgIpc) is 3.22. The first kappa shape index (κ1) is 20.3. The molecule has 0 aliphatic carbocycles. The molecule has 0 bridgehead atoms. The normalized spacial score (nSPS) is 23.2. The maximum absolute atomic E-state index is 12.5. The second-order valence-corrected chi connectivity index (χ2v) is 9.57. The number of hydrogen-bond donors (Lipinski definition) is 2. The highest BCUT2D eigenvalue weighted by Gasteiger charge is 2.54. The number of nitrogens with zero attached hydrogens (tertiary/aromatic N) is 6. The van der Waals surface area contributed by atoms with Crippen LogP contribution in [0.2, 0.25) is 0 Å². The summed E-state index contributed by atoms with van der Waals surface area (Å²) >= 11 is 2.31. The van der Waals surface area contributed by atoms with Gasteiger partial charge in [-0.15, -0.1) is 22.0 Å². The van der Waals surface area contributed by atoms with Gasteiger partial charge in [0.1, 0.15) is 27.9 Å². The van der Waals surface area contributed by atoms with E-state index in [9.17, 15) is 23.7 Å². The molecule has 3 heterocycles. The Morgan fingerprint density at radius 3 is 2.96 bits per heavy atom. The number of aromatic nitrogens is 2. The van der Waals surface area contributed by atoms with Crippen LogP contribution in [0.15, 0.2) is 26.2 Å². The van der Waals surface area contributed by atoms with E-state index in [1.165, 1.54) is 24.2 Å². The molecule has 3 unspecified atom stereocenters. The van der Waals surface area contributed by atoms with Gasteiger partial charge in [0.25, 0.3) is 5.91 Å². The number of carbonyl (C=O) groups is 3. The molecular formula is C13H13N7O5S3. The number of carboxylic acids is 1. The highest BCUT2D eigenvalue weighted by atomic mass is 32.2. The van der Waals surface area contributed by atoms with Crippen molar-refractivity contribution < 1.29 is 23.7 Å². The van der Waals surface area contributed by atoms with Crippen molar-refractivity contribution in [1.29, 1.82) is 0 Å². The fourth-order valence-electron chi connectivity index (χ4n) is 2.69. The van der Waals surface area contributed by atoms with Crippen molar-refractivity contribution in [2.45, 2.75) is 27.9 Å². The predicted octanol–water partition coefficient (Wildman–Crippen LogP) is 0.0831. The van der Waals surface area contributed by atoms with Gasteiger partial charge in [0.15, 0.2) is 0 Å². The van der Waals surface area contributed by atoms with Crippen molar-refractivity contribution >= 4 is 51.7 Å². The lowest BCUT2D eigenvalue weighted by Gasteiger charge is -2.49. The summed E-state index contributed by atoms with van der Waals surface area (Å²) in [5, 5.41) is 21.1. The fraction of sp³-hybridized carbons (Fsp3) is 0.462. The topological polar surface area (TPSA) is 178 Å². The quantitative estimate of drug-likeness (QED) is 0.257. The van der Waals surface area contributed by atoms with E-state index in [2.05, 4.69) is 25.5 Å². The molecule has 12 nitrogen and oxygen atoms in total. The van der Waals surface area contributed by atoms with Crippen molar-refractivity contribution in [2.75, 3.05) is 12.3 Å². The van der Waals surface area contributed by atoms with Crippen LogP contribution in [0, 0.1) is 0 Å². The predicted molar refractivity (Wildman–Crippen MR) is 99.5 cm³/mol. The van der Waals surface area contributed by atoms with Gasteiger partial charge in [-0.3, -0.25) is 18.7 Å². The lowest BCUT2D eigenvalue weighted by molar-refractivity contribution is -0.150. The van der Waals surface area contributed by atoms with Crippen LogP contribution in [0.1, 0.15) is 6.92 Å². The zero-order chi connectivity index (χ0) is 20.4. The van der Waals surface area contributed by atoms with E-state index >= 15 is 0 Å². The number of azide groups is 1. The Balaban J connectivity index is 1.72. The van der Waals surface area contributed by atoms with Crippen molar-refractivity contribution in [2.24, 2.45) is 5.11 Å². The van der Waals surface area contributed by atoms with Crippen LogP contribution in [0.5, 0.6) is 0 Å². The second kappa shape index (κ2) is 8.26. The number of aliphatic carboxylic acids is 1. The minimum absolute atomic E-state index is 0.156. The SMILES string of the molecule is CC(C(=O)NC1C(=O)N2C(C(=O)O)=C(CN=[N+]=[N-])CS[C@@H]12)S(=O)c1nncs1. The standard InChI is InChI=1S/C13H13N7O5S3/c1-5(28(25)13-18-16-4-27-13)9(21)17-7-10(22)20-8(12(23)24)6(2-15-19-14)3-26-11(7)20/h4-5,7,11H,2-3H2,1H3,(H,17,21)(H,23,24)/t5?,7?,11-,28?/m0/s1. The fourth-order valence-corrected chi connectivity index (χ4v) is 5.94. The molecule has 1 fully saturated rings. The summed E-state index contributed by atoms with van der Waals surface area (Å²) in [6.07, 6.45) is 0. The summed E-state index contributed by atoms with van der Waals surface area (Å²) in [6, 6.07) is -0.929. The molecule has 2 aliphatic heterocycles. The van der Waals surface area contributed by atoms with Crippen molar-refractivity contribution in [1.82, 2.24) is 20.4 Å². The van der Waals surface area contributed by atoms with Crippen LogP contribution < -0.4 is 5.32 Å². The van der Waals surface area contributed by atoms with Gasteiger partial charge in [0.2, 0.25) is 10.2 Å². The lowest BCUT2D eigenvalue weighted by Crippen LogP contribution is -2.71. The molecule has 3 rings (SSSR count). The number of nitrogens with one attached hydrogen (secondary N) is 1. The van der Waals surface area contributed by atoms with E-state index in [1.54, 1.807) is 0 Å². The molecule has 0 saturated carbocycles. The van der Waals surface area contributed by atoms with Crippen LogP contribution in [-0.2, 0) is 25.2 Å². The molecule has 0 radical (unpaired) electrons. The Morgan fingerprint density at radius 2 is 2.36 bits per heavy atom. The third-order valence-electron chi connectivity index (χ3n) is 4.07. The number of rotatable bonds is 7. The number of carboxylic acid groups (broad SMARTS) is 1. The van der Waals surface area contributed by atoms with Gasteiger partial charge in [-0.05, 0) is 18.0 Å². The molecule has 1 aromatic rings. The zero-order valence-corrected chi connectivity index (χ0v) is 16.7. The summed E-state index contributed by atoms with van der Waals surface area (Å²) in [7, 11) is -1.72. The highest BCUT2D eigenvalue weighted by Crippen LogP contribution is 2.40. The van der Waals surface area contributed by atoms with Crippen LogP contribution in [0.4, 0.5) is 0 Å². The molecule has 1 saturated heterocycles. The number of β-lactam (4-membered cyclic amide) rings is 1. The molecule has 148 valence electrons. The van der Waals surface area contributed by atoms with E-state index in [-0.39, 0.29) is 22.3 Å². The number of thioether (sulfide) groups is 1. The third-order valence-corrected chi connectivity index (χ3v) is 7.96. The number of hydrogen-bond acceptors (Lipinski definition) is 9. The highest BCUT2D eigenvalue weighted by molar-refractivity contribution is 8.00. The van der Waals surface area contributed by atoms with E-state index in [4.69, 9.17) is 5.53 Å². The first-order chi connectivity index (χ1) is 13.4. The van der Waals surface area contributed by atoms with Crippen LogP contribution in [-0.4, -0.2) is 71.2 Å². The molecule has 2 amide bonds. The summed E-state index contributed by atoms with van der Waals surface area (Å²) in [5.74, 6) is -2.26. The lowest BCUT2D eigenvalue weighted by atomic mass is 10.0. The Kier molecular flexibility index (Phi) is 5.98.